The van der Waals surface area contributed by atoms with E-state index in [1.54, 1.807) is 18.2 Å². The van der Waals surface area contributed by atoms with Gasteiger partial charge in [0.25, 0.3) is 0 Å². The van der Waals surface area contributed by atoms with Gasteiger partial charge in [-0.3, -0.25) is 0 Å². The minimum atomic E-state index is -3.45. The maximum absolute atomic E-state index is 12.1. The number of fused-ring (bicyclic) bond motifs is 1. The average Bonchev–Trinajstić information content (AvgIpc) is 2.39. The predicted octanol–water partition coefficient (Wildman–Crippen LogP) is 1.55. The van der Waals surface area contributed by atoms with E-state index >= 15 is 0 Å². The van der Waals surface area contributed by atoms with E-state index in [0.29, 0.717) is 25.3 Å². The Morgan fingerprint density at radius 3 is 3.00 bits per heavy atom. The Bertz CT molecular complexity index is 543. The van der Waals surface area contributed by atoms with Gasteiger partial charge in [-0.05, 0) is 24.6 Å². The second-order valence-corrected chi connectivity index (χ2v) is 6.46. The maximum atomic E-state index is 12.1. The van der Waals surface area contributed by atoms with Crippen molar-refractivity contribution in [3.8, 4) is 5.75 Å². The van der Waals surface area contributed by atoms with Gasteiger partial charge in [0.2, 0.25) is 10.0 Å². The number of ether oxygens (including phenoxy) is 1. The van der Waals surface area contributed by atoms with E-state index in [2.05, 4.69) is 4.72 Å². The van der Waals surface area contributed by atoms with E-state index in [1.807, 2.05) is 6.92 Å². The first kappa shape index (κ1) is 14.3. The molecule has 5 nitrogen and oxygen atoms in total. The Hall–Kier alpha value is -1.11. The molecule has 106 valence electrons. The zero-order valence-electron chi connectivity index (χ0n) is 11.1. The van der Waals surface area contributed by atoms with Gasteiger partial charge in [0, 0.05) is 24.6 Å². The Labute approximate surface area is 114 Å². The second-order valence-electron chi connectivity index (χ2n) is 4.69. The van der Waals surface area contributed by atoms with Crippen molar-refractivity contribution >= 4 is 10.0 Å². The summed E-state index contributed by atoms with van der Waals surface area (Å²) in [6.45, 7) is 3.05. The molecule has 1 heterocycles. The fourth-order valence-electron chi connectivity index (χ4n) is 2.03. The topological polar surface area (TPSA) is 81.4 Å². The highest BCUT2D eigenvalue weighted by molar-refractivity contribution is 7.89. The number of benzene rings is 1. The lowest BCUT2D eigenvalue weighted by molar-refractivity contribution is 0.268. The van der Waals surface area contributed by atoms with Crippen LogP contribution in [0.15, 0.2) is 23.1 Å². The molecule has 1 aliphatic heterocycles. The van der Waals surface area contributed by atoms with Gasteiger partial charge in [-0.1, -0.05) is 13.3 Å². The fraction of sp³-hybridized carbons (Fsp3) is 0.538. The van der Waals surface area contributed by atoms with Gasteiger partial charge in [-0.25, -0.2) is 13.1 Å². The molecule has 0 spiro atoms. The highest BCUT2D eigenvalue weighted by Crippen LogP contribution is 2.32. The molecule has 1 unspecified atom stereocenters. The molecule has 1 aliphatic rings. The Morgan fingerprint density at radius 2 is 2.26 bits per heavy atom. The van der Waals surface area contributed by atoms with Crippen LogP contribution in [0.2, 0.25) is 0 Å². The first-order valence-electron chi connectivity index (χ1n) is 6.56. The number of unbranched alkanes of at least 4 members (excludes halogenated alkanes) is 1. The van der Waals surface area contributed by atoms with Gasteiger partial charge in [-0.15, -0.1) is 0 Å². The third-order valence-corrected chi connectivity index (χ3v) is 4.66. The Kier molecular flexibility index (Phi) is 4.44. The molecule has 0 aliphatic carbocycles. The molecule has 1 aromatic rings. The maximum Gasteiger partial charge on any atom is 0.240 e. The van der Waals surface area contributed by atoms with Crippen molar-refractivity contribution in [3.63, 3.8) is 0 Å². The van der Waals surface area contributed by atoms with Crippen molar-refractivity contribution in [2.24, 2.45) is 5.73 Å². The van der Waals surface area contributed by atoms with Crippen LogP contribution in [0.25, 0.3) is 0 Å². The highest BCUT2D eigenvalue weighted by Gasteiger charge is 2.22. The summed E-state index contributed by atoms with van der Waals surface area (Å²) in [7, 11) is -3.45. The van der Waals surface area contributed by atoms with Crippen LogP contribution < -0.4 is 15.2 Å². The smallest absolute Gasteiger partial charge is 0.240 e. The summed E-state index contributed by atoms with van der Waals surface area (Å²) in [5.41, 5.74) is 6.75. The molecule has 2 rings (SSSR count). The van der Waals surface area contributed by atoms with Crippen molar-refractivity contribution in [3.05, 3.63) is 23.8 Å². The van der Waals surface area contributed by atoms with Crippen LogP contribution in [-0.4, -0.2) is 21.6 Å². The molecule has 0 saturated carbocycles. The molecule has 0 aromatic heterocycles. The summed E-state index contributed by atoms with van der Waals surface area (Å²) in [5, 5.41) is 0. The van der Waals surface area contributed by atoms with Gasteiger partial charge in [0.15, 0.2) is 0 Å². The second kappa shape index (κ2) is 5.90. The van der Waals surface area contributed by atoms with Gasteiger partial charge >= 0.3 is 0 Å². The van der Waals surface area contributed by atoms with E-state index in [-0.39, 0.29) is 10.9 Å². The Balaban J connectivity index is 2.23. The number of hydrogen-bond donors (Lipinski definition) is 2. The van der Waals surface area contributed by atoms with Gasteiger partial charge < -0.3 is 10.5 Å². The van der Waals surface area contributed by atoms with Crippen LogP contribution in [0.4, 0.5) is 0 Å². The first-order valence-corrected chi connectivity index (χ1v) is 8.05. The SMILES string of the molecule is CCCCNS(=O)(=O)c1ccc2c(c1)C(N)CCO2. The lowest BCUT2D eigenvalue weighted by Gasteiger charge is -2.23. The van der Waals surface area contributed by atoms with E-state index in [1.165, 1.54) is 0 Å². The molecular weight excluding hydrogens is 264 g/mol. The molecule has 0 radical (unpaired) electrons. The molecule has 0 fully saturated rings. The van der Waals surface area contributed by atoms with Crippen LogP contribution in [0.1, 0.15) is 37.8 Å². The summed E-state index contributed by atoms with van der Waals surface area (Å²) in [6.07, 6.45) is 2.48. The van der Waals surface area contributed by atoms with Crippen LogP contribution in [0.5, 0.6) is 5.75 Å². The summed E-state index contributed by atoms with van der Waals surface area (Å²) >= 11 is 0. The van der Waals surface area contributed by atoms with Crippen LogP contribution in [0.3, 0.4) is 0 Å². The fourth-order valence-corrected chi connectivity index (χ4v) is 3.14. The average molecular weight is 284 g/mol. The van der Waals surface area contributed by atoms with Crippen molar-refractivity contribution in [2.45, 2.75) is 37.1 Å². The molecule has 1 aromatic carbocycles. The van der Waals surface area contributed by atoms with Gasteiger partial charge in [0.1, 0.15) is 5.75 Å². The summed E-state index contributed by atoms with van der Waals surface area (Å²) in [5.74, 6) is 0.686. The third-order valence-electron chi connectivity index (χ3n) is 3.20. The molecule has 1 atom stereocenters. The molecule has 0 saturated heterocycles. The quantitative estimate of drug-likeness (QED) is 0.804. The van der Waals surface area contributed by atoms with Crippen molar-refractivity contribution in [1.82, 2.24) is 4.72 Å². The highest BCUT2D eigenvalue weighted by atomic mass is 32.2. The number of nitrogens with one attached hydrogen (secondary N) is 1. The largest absolute Gasteiger partial charge is 0.493 e. The van der Waals surface area contributed by atoms with Crippen molar-refractivity contribution in [1.29, 1.82) is 0 Å². The molecule has 19 heavy (non-hydrogen) atoms. The predicted molar refractivity (Wildman–Crippen MR) is 73.6 cm³/mol. The van der Waals surface area contributed by atoms with Crippen molar-refractivity contribution < 1.29 is 13.2 Å². The molecule has 0 bridgehead atoms. The van der Waals surface area contributed by atoms with E-state index < -0.39 is 10.0 Å². The summed E-state index contributed by atoms with van der Waals surface area (Å²) in [6, 6.07) is 4.70. The zero-order valence-corrected chi connectivity index (χ0v) is 11.9. The van der Waals surface area contributed by atoms with Crippen LogP contribution in [0, 0.1) is 0 Å². The van der Waals surface area contributed by atoms with Crippen LogP contribution in [-0.2, 0) is 10.0 Å². The molecule has 3 N–H and O–H groups in total. The normalized spacial score (nSPS) is 18.7. The number of hydrogen-bond acceptors (Lipinski definition) is 4. The monoisotopic (exact) mass is 284 g/mol. The molecular formula is C13H20N2O3S. The first-order chi connectivity index (χ1) is 9.04. The summed E-state index contributed by atoms with van der Waals surface area (Å²) < 4.78 is 32.3. The van der Waals surface area contributed by atoms with E-state index in [4.69, 9.17) is 10.5 Å². The standard InChI is InChI=1S/C13H20N2O3S/c1-2-3-7-15-19(16,17)10-4-5-13-11(9-10)12(14)6-8-18-13/h4-5,9,12,15H,2-3,6-8,14H2,1H3. The minimum Gasteiger partial charge on any atom is -0.493 e. The molecule has 6 heteroatoms. The van der Waals surface area contributed by atoms with Crippen LogP contribution >= 0.6 is 0 Å². The zero-order chi connectivity index (χ0) is 13.9. The lowest BCUT2D eigenvalue weighted by Crippen LogP contribution is -2.26. The van der Waals surface area contributed by atoms with Crippen molar-refractivity contribution in [2.75, 3.05) is 13.2 Å². The number of rotatable bonds is 5. The molecule has 0 amide bonds. The number of nitrogens with two attached hydrogens (primary N) is 1. The van der Waals surface area contributed by atoms with Gasteiger partial charge in [-0.2, -0.15) is 0 Å². The third kappa shape index (κ3) is 3.26. The lowest BCUT2D eigenvalue weighted by atomic mass is 10.0. The number of sulfonamides is 1. The van der Waals surface area contributed by atoms with E-state index in [9.17, 15) is 8.42 Å². The summed E-state index contributed by atoms with van der Waals surface area (Å²) in [4.78, 5) is 0.253. The Morgan fingerprint density at radius 1 is 1.47 bits per heavy atom. The van der Waals surface area contributed by atoms with Gasteiger partial charge in [0.05, 0.1) is 11.5 Å². The minimum absolute atomic E-state index is 0.158. The van der Waals surface area contributed by atoms with E-state index in [0.717, 1.165) is 18.4 Å².